The Kier molecular flexibility index (Phi) is 3.23. The van der Waals surface area contributed by atoms with E-state index in [0.29, 0.717) is 0 Å². The molecule has 7 heteroatoms. The van der Waals surface area contributed by atoms with Crippen molar-refractivity contribution in [3.63, 3.8) is 0 Å². The van der Waals surface area contributed by atoms with Crippen LogP contribution in [0.3, 0.4) is 0 Å². The SMILES string of the molecule is CN1CC(C(F)(F)F)CC(C(F)(F)F)C1. The second kappa shape index (κ2) is 3.84. The number of rotatable bonds is 0. The highest BCUT2D eigenvalue weighted by Gasteiger charge is 2.50. The van der Waals surface area contributed by atoms with Gasteiger partial charge in [-0.05, 0) is 13.5 Å². The molecule has 1 nitrogen and oxygen atoms in total. The van der Waals surface area contributed by atoms with Crippen molar-refractivity contribution in [2.24, 2.45) is 11.8 Å². The second-order valence-corrected chi connectivity index (χ2v) is 3.93. The first-order valence-corrected chi connectivity index (χ1v) is 4.42. The summed E-state index contributed by atoms with van der Waals surface area (Å²) >= 11 is 0. The number of likely N-dealkylation sites (tertiary alicyclic amines) is 1. The summed E-state index contributed by atoms with van der Waals surface area (Å²) in [5, 5.41) is 0. The first-order chi connectivity index (χ1) is 6.60. The number of hydrogen-bond acceptors (Lipinski definition) is 1. The fourth-order valence-electron chi connectivity index (χ4n) is 1.79. The number of piperidine rings is 1. The van der Waals surface area contributed by atoms with Gasteiger partial charge in [0.2, 0.25) is 0 Å². The molecule has 0 amide bonds. The zero-order chi connectivity index (χ0) is 11.9. The summed E-state index contributed by atoms with van der Waals surface area (Å²) in [6, 6.07) is 0. The summed E-state index contributed by atoms with van der Waals surface area (Å²) in [7, 11) is 1.27. The molecule has 0 saturated carbocycles. The van der Waals surface area contributed by atoms with Crippen molar-refractivity contribution in [3.05, 3.63) is 0 Å². The van der Waals surface area contributed by atoms with Gasteiger partial charge in [0.1, 0.15) is 0 Å². The van der Waals surface area contributed by atoms with Crippen molar-refractivity contribution in [2.75, 3.05) is 20.1 Å². The molecule has 15 heavy (non-hydrogen) atoms. The lowest BCUT2D eigenvalue weighted by atomic mass is 9.88. The molecule has 0 radical (unpaired) electrons. The fourth-order valence-corrected chi connectivity index (χ4v) is 1.79. The van der Waals surface area contributed by atoms with E-state index >= 15 is 0 Å². The van der Waals surface area contributed by atoms with Gasteiger partial charge < -0.3 is 4.90 Å². The first kappa shape index (κ1) is 12.6. The van der Waals surface area contributed by atoms with E-state index in [2.05, 4.69) is 0 Å². The molecular weight excluding hydrogens is 224 g/mol. The lowest BCUT2D eigenvalue weighted by Gasteiger charge is -2.37. The highest BCUT2D eigenvalue weighted by Crippen LogP contribution is 2.40. The zero-order valence-corrected chi connectivity index (χ0v) is 7.99. The van der Waals surface area contributed by atoms with Gasteiger partial charge >= 0.3 is 12.4 Å². The maximum Gasteiger partial charge on any atom is 0.393 e. The van der Waals surface area contributed by atoms with Gasteiger partial charge in [-0.3, -0.25) is 0 Å². The fraction of sp³-hybridized carbons (Fsp3) is 1.00. The molecule has 0 aromatic carbocycles. The molecule has 0 aromatic rings. The van der Waals surface area contributed by atoms with E-state index in [4.69, 9.17) is 0 Å². The second-order valence-electron chi connectivity index (χ2n) is 3.93. The predicted molar refractivity (Wildman–Crippen MR) is 41.2 cm³/mol. The highest BCUT2D eigenvalue weighted by atomic mass is 19.4. The van der Waals surface area contributed by atoms with Crippen molar-refractivity contribution >= 4 is 0 Å². The molecule has 90 valence electrons. The molecule has 1 heterocycles. The van der Waals surface area contributed by atoms with Gasteiger partial charge in [-0.15, -0.1) is 0 Å². The molecule has 0 N–H and O–H groups in total. The van der Waals surface area contributed by atoms with Crippen LogP contribution in [0, 0.1) is 11.8 Å². The standard InChI is InChI=1S/C8H11F6N/c1-15-3-5(7(9,10)11)2-6(4-15)8(12,13)14/h5-6H,2-4H2,1H3. The van der Waals surface area contributed by atoms with E-state index in [9.17, 15) is 26.3 Å². The molecule has 1 fully saturated rings. The van der Waals surface area contributed by atoms with Crippen molar-refractivity contribution in [3.8, 4) is 0 Å². The molecule has 1 saturated heterocycles. The van der Waals surface area contributed by atoms with E-state index in [-0.39, 0.29) is 13.1 Å². The minimum atomic E-state index is -4.54. The van der Waals surface area contributed by atoms with Gasteiger partial charge in [-0.1, -0.05) is 0 Å². The summed E-state index contributed by atoms with van der Waals surface area (Å²) in [5.41, 5.74) is 0. The molecule has 2 atom stereocenters. The van der Waals surface area contributed by atoms with Crippen LogP contribution in [0.2, 0.25) is 0 Å². The maximum absolute atomic E-state index is 12.3. The summed E-state index contributed by atoms with van der Waals surface area (Å²) in [6.07, 6.45) is -9.94. The van der Waals surface area contributed by atoms with Crippen LogP contribution in [-0.2, 0) is 0 Å². The van der Waals surface area contributed by atoms with Crippen molar-refractivity contribution in [1.29, 1.82) is 0 Å². The molecule has 0 bridgehead atoms. The summed E-state index contributed by atoms with van der Waals surface area (Å²) in [6.45, 7) is -0.702. The number of hydrogen-bond donors (Lipinski definition) is 0. The van der Waals surface area contributed by atoms with Crippen LogP contribution < -0.4 is 0 Å². The van der Waals surface area contributed by atoms with Gasteiger partial charge in [0.05, 0.1) is 11.8 Å². The van der Waals surface area contributed by atoms with Gasteiger partial charge in [-0.25, -0.2) is 0 Å². The van der Waals surface area contributed by atoms with Crippen LogP contribution in [0.15, 0.2) is 0 Å². The van der Waals surface area contributed by atoms with E-state index in [1.165, 1.54) is 7.05 Å². The van der Waals surface area contributed by atoms with E-state index in [0.717, 1.165) is 4.90 Å². The quantitative estimate of drug-likeness (QED) is 0.583. The van der Waals surface area contributed by atoms with E-state index in [1.807, 2.05) is 0 Å². The minimum absolute atomic E-state index is 0.351. The van der Waals surface area contributed by atoms with Crippen molar-refractivity contribution in [1.82, 2.24) is 4.90 Å². The third kappa shape index (κ3) is 3.25. The van der Waals surface area contributed by atoms with Gasteiger partial charge in [0.15, 0.2) is 0 Å². The van der Waals surface area contributed by atoms with Gasteiger partial charge in [0, 0.05) is 13.1 Å². The van der Waals surface area contributed by atoms with Gasteiger partial charge in [0.25, 0.3) is 0 Å². The summed E-state index contributed by atoms with van der Waals surface area (Å²) in [5.74, 6) is -3.74. The number of halogens is 6. The highest BCUT2D eigenvalue weighted by molar-refractivity contribution is 4.84. The third-order valence-electron chi connectivity index (χ3n) is 2.56. The van der Waals surface area contributed by atoms with Crippen LogP contribution in [0.1, 0.15) is 6.42 Å². The minimum Gasteiger partial charge on any atom is -0.305 e. The topological polar surface area (TPSA) is 3.24 Å². The van der Waals surface area contributed by atoms with Crippen molar-refractivity contribution < 1.29 is 26.3 Å². The van der Waals surface area contributed by atoms with E-state index in [1.54, 1.807) is 0 Å². The predicted octanol–water partition coefficient (Wildman–Crippen LogP) is 2.68. The molecular formula is C8H11F6N. The third-order valence-corrected chi connectivity index (χ3v) is 2.56. The Morgan fingerprint density at radius 1 is 0.867 bits per heavy atom. The van der Waals surface area contributed by atoms with Gasteiger partial charge in [-0.2, -0.15) is 26.3 Å². The van der Waals surface area contributed by atoms with Crippen LogP contribution in [0.4, 0.5) is 26.3 Å². The molecule has 1 aliphatic rings. The normalized spacial score (nSPS) is 30.6. The maximum atomic E-state index is 12.3. The smallest absolute Gasteiger partial charge is 0.305 e. The molecule has 1 rings (SSSR count). The van der Waals surface area contributed by atoms with Crippen LogP contribution in [0.5, 0.6) is 0 Å². The van der Waals surface area contributed by atoms with Crippen molar-refractivity contribution in [2.45, 2.75) is 18.8 Å². The Labute approximate surface area is 83.0 Å². The first-order valence-electron chi connectivity index (χ1n) is 4.42. The average Bonchev–Trinajstić information content (AvgIpc) is 1.99. The lowest BCUT2D eigenvalue weighted by Crippen LogP contribution is -2.47. The van der Waals surface area contributed by atoms with Crippen LogP contribution >= 0.6 is 0 Å². The average molecular weight is 235 g/mol. The number of alkyl halides is 6. The molecule has 0 aliphatic carbocycles. The monoisotopic (exact) mass is 235 g/mol. The molecule has 2 unspecified atom stereocenters. The van der Waals surface area contributed by atoms with Crippen LogP contribution in [-0.4, -0.2) is 37.4 Å². The molecule has 0 aromatic heterocycles. The lowest BCUT2D eigenvalue weighted by molar-refractivity contribution is -0.229. The van der Waals surface area contributed by atoms with Crippen LogP contribution in [0.25, 0.3) is 0 Å². The molecule has 0 spiro atoms. The molecule has 1 aliphatic heterocycles. The Morgan fingerprint density at radius 2 is 1.20 bits per heavy atom. The Hall–Kier alpha value is -0.460. The van der Waals surface area contributed by atoms with E-state index < -0.39 is 30.6 Å². The largest absolute Gasteiger partial charge is 0.393 e. The Balaban J connectivity index is 2.73. The Bertz CT molecular complexity index is 198. The zero-order valence-electron chi connectivity index (χ0n) is 7.99. The number of nitrogens with zero attached hydrogens (tertiary/aromatic N) is 1. The Morgan fingerprint density at radius 3 is 1.47 bits per heavy atom. The summed E-state index contributed by atoms with van der Waals surface area (Å²) in [4.78, 5) is 1.08. The summed E-state index contributed by atoms with van der Waals surface area (Å²) < 4.78 is 73.7.